The van der Waals surface area contributed by atoms with Crippen LogP contribution in [0.25, 0.3) is 0 Å². The molecule has 2 fully saturated rings. The molecule has 0 N–H and O–H groups in total. The van der Waals surface area contributed by atoms with Gasteiger partial charge in [-0.3, -0.25) is 4.79 Å². The lowest BCUT2D eigenvalue weighted by Gasteiger charge is -2.35. The second-order valence-electron chi connectivity index (χ2n) is 5.61. The maximum absolute atomic E-state index is 12.4. The van der Waals surface area contributed by atoms with E-state index in [1.165, 1.54) is 32.1 Å². The van der Waals surface area contributed by atoms with Crippen LogP contribution in [0.5, 0.6) is 0 Å². The van der Waals surface area contributed by atoms with Crippen LogP contribution >= 0.6 is 0 Å². The number of hydrogen-bond acceptors (Lipinski definition) is 2. The van der Waals surface area contributed by atoms with E-state index in [4.69, 9.17) is 4.74 Å². The van der Waals surface area contributed by atoms with Crippen molar-refractivity contribution >= 4 is 5.91 Å². The first-order valence-corrected chi connectivity index (χ1v) is 6.42. The third-order valence-electron chi connectivity index (χ3n) is 4.30. The van der Waals surface area contributed by atoms with Crippen molar-refractivity contribution in [3.63, 3.8) is 0 Å². The molecule has 2 rings (SSSR count). The Balaban J connectivity index is 2.07. The summed E-state index contributed by atoms with van der Waals surface area (Å²) in [4.78, 5) is 14.4. The number of hydrogen-bond donors (Lipinski definition) is 0. The zero-order valence-corrected chi connectivity index (χ0v) is 10.7. The van der Waals surface area contributed by atoms with Crippen molar-refractivity contribution in [2.24, 2.45) is 5.92 Å². The highest BCUT2D eigenvalue weighted by molar-refractivity contribution is 5.85. The summed E-state index contributed by atoms with van der Waals surface area (Å²) in [5, 5.41) is 0. The van der Waals surface area contributed by atoms with Gasteiger partial charge in [0, 0.05) is 19.7 Å². The first-order chi connectivity index (χ1) is 7.56. The van der Waals surface area contributed by atoms with Crippen LogP contribution in [0.15, 0.2) is 0 Å². The summed E-state index contributed by atoms with van der Waals surface area (Å²) in [7, 11) is 1.62. The van der Waals surface area contributed by atoms with Crippen LogP contribution in [-0.4, -0.2) is 36.1 Å². The van der Waals surface area contributed by atoms with Gasteiger partial charge in [-0.05, 0) is 39.0 Å². The summed E-state index contributed by atoms with van der Waals surface area (Å²) in [6.45, 7) is 4.66. The first-order valence-electron chi connectivity index (χ1n) is 6.42. The van der Waals surface area contributed by atoms with Gasteiger partial charge in [-0.2, -0.15) is 0 Å². The average molecular weight is 225 g/mol. The molecule has 1 saturated heterocycles. The van der Waals surface area contributed by atoms with E-state index in [0.29, 0.717) is 6.04 Å². The second-order valence-corrected chi connectivity index (χ2v) is 5.61. The van der Waals surface area contributed by atoms with E-state index in [9.17, 15) is 4.79 Å². The number of rotatable bonds is 2. The van der Waals surface area contributed by atoms with E-state index in [-0.39, 0.29) is 5.91 Å². The Labute approximate surface area is 98.1 Å². The second kappa shape index (κ2) is 4.36. The normalized spacial score (nSPS) is 30.3. The number of ether oxygens (including phenoxy) is 1. The van der Waals surface area contributed by atoms with Gasteiger partial charge >= 0.3 is 0 Å². The Bertz CT molecular complexity index is 275. The van der Waals surface area contributed by atoms with Gasteiger partial charge in [0.1, 0.15) is 5.60 Å². The molecule has 1 saturated carbocycles. The van der Waals surface area contributed by atoms with E-state index >= 15 is 0 Å². The van der Waals surface area contributed by atoms with Gasteiger partial charge in [0.2, 0.25) is 0 Å². The third-order valence-corrected chi connectivity index (χ3v) is 4.30. The molecular weight excluding hydrogens is 202 g/mol. The minimum Gasteiger partial charge on any atom is -0.369 e. The highest BCUT2D eigenvalue weighted by atomic mass is 16.5. The standard InChI is InChI=1S/C13H23NO2/c1-13(2,16-3)12(15)14-9-8-10-6-4-5-7-11(10)14/h10-11H,4-9H2,1-3H3. The van der Waals surface area contributed by atoms with Crippen molar-refractivity contribution in [2.75, 3.05) is 13.7 Å². The Morgan fingerprint density at radius 2 is 1.94 bits per heavy atom. The SMILES string of the molecule is COC(C)(C)C(=O)N1CCC2CCCCC21. The summed E-state index contributed by atoms with van der Waals surface area (Å²) in [5.41, 5.74) is -0.660. The lowest BCUT2D eigenvalue weighted by molar-refractivity contribution is -0.152. The topological polar surface area (TPSA) is 29.5 Å². The molecule has 16 heavy (non-hydrogen) atoms. The van der Waals surface area contributed by atoms with Gasteiger partial charge in [0.25, 0.3) is 5.91 Å². The molecule has 0 spiro atoms. The molecule has 2 aliphatic rings. The number of likely N-dealkylation sites (tertiary alicyclic amines) is 1. The molecular formula is C13H23NO2. The molecule has 2 atom stereocenters. The molecule has 2 unspecified atom stereocenters. The Hall–Kier alpha value is -0.570. The summed E-state index contributed by atoms with van der Waals surface area (Å²) in [5.74, 6) is 0.926. The Morgan fingerprint density at radius 1 is 1.25 bits per heavy atom. The van der Waals surface area contributed by atoms with Crippen LogP contribution in [0.1, 0.15) is 46.0 Å². The molecule has 0 bridgehead atoms. The van der Waals surface area contributed by atoms with Crippen LogP contribution in [0, 0.1) is 5.92 Å². The number of amides is 1. The number of fused-ring (bicyclic) bond motifs is 1. The quantitative estimate of drug-likeness (QED) is 0.721. The fourth-order valence-corrected chi connectivity index (χ4v) is 3.09. The zero-order chi connectivity index (χ0) is 11.8. The Kier molecular flexibility index (Phi) is 3.24. The largest absolute Gasteiger partial charge is 0.369 e. The first kappa shape index (κ1) is 11.9. The van der Waals surface area contributed by atoms with Crippen molar-refractivity contribution in [3.8, 4) is 0 Å². The summed E-state index contributed by atoms with van der Waals surface area (Å²) in [6, 6.07) is 0.496. The minimum atomic E-state index is -0.660. The molecule has 0 aromatic heterocycles. The van der Waals surface area contributed by atoms with Crippen LogP contribution in [0.4, 0.5) is 0 Å². The smallest absolute Gasteiger partial charge is 0.254 e. The van der Waals surface area contributed by atoms with E-state index in [1.54, 1.807) is 7.11 Å². The van der Waals surface area contributed by atoms with Crippen molar-refractivity contribution < 1.29 is 9.53 Å². The van der Waals surface area contributed by atoms with Crippen molar-refractivity contribution in [1.82, 2.24) is 4.90 Å². The van der Waals surface area contributed by atoms with Gasteiger partial charge in [-0.1, -0.05) is 12.8 Å². The molecule has 1 aliphatic carbocycles. The lowest BCUT2D eigenvalue weighted by Crippen LogP contribution is -2.49. The molecule has 1 amide bonds. The fourth-order valence-electron chi connectivity index (χ4n) is 3.09. The highest BCUT2D eigenvalue weighted by Gasteiger charge is 2.42. The molecule has 92 valence electrons. The van der Waals surface area contributed by atoms with Crippen molar-refractivity contribution in [3.05, 3.63) is 0 Å². The molecule has 3 nitrogen and oxygen atoms in total. The van der Waals surface area contributed by atoms with Crippen LogP contribution in [0.2, 0.25) is 0 Å². The van der Waals surface area contributed by atoms with E-state index < -0.39 is 5.60 Å². The van der Waals surface area contributed by atoms with Gasteiger partial charge in [0.15, 0.2) is 0 Å². The molecule has 1 aliphatic heterocycles. The Morgan fingerprint density at radius 3 is 2.62 bits per heavy atom. The van der Waals surface area contributed by atoms with Gasteiger partial charge in [0.05, 0.1) is 0 Å². The van der Waals surface area contributed by atoms with E-state index in [1.807, 2.05) is 13.8 Å². The van der Waals surface area contributed by atoms with Crippen LogP contribution in [0.3, 0.4) is 0 Å². The minimum absolute atomic E-state index is 0.171. The fraction of sp³-hybridized carbons (Fsp3) is 0.923. The van der Waals surface area contributed by atoms with E-state index in [2.05, 4.69) is 4.90 Å². The summed E-state index contributed by atoms with van der Waals surface area (Å²) < 4.78 is 5.30. The van der Waals surface area contributed by atoms with Gasteiger partial charge in [-0.15, -0.1) is 0 Å². The van der Waals surface area contributed by atoms with Crippen LogP contribution in [-0.2, 0) is 9.53 Å². The molecule has 0 radical (unpaired) electrons. The number of nitrogens with zero attached hydrogens (tertiary/aromatic N) is 1. The molecule has 3 heteroatoms. The molecule has 0 aromatic rings. The predicted octanol–water partition coefficient (Wildman–Crippen LogP) is 2.20. The molecule has 1 heterocycles. The maximum Gasteiger partial charge on any atom is 0.254 e. The maximum atomic E-state index is 12.4. The van der Waals surface area contributed by atoms with Crippen molar-refractivity contribution in [1.29, 1.82) is 0 Å². The van der Waals surface area contributed by atoms with Crippen molar-refractivity contribution in [2.45, 2.75) is 57.6 Å². The summed E-state index contributed by atoms with van der Waals surface area (Å²) in [6.07, 6.45) is 6.31. The average Bonchev–Trinajstić information content (AvgIpc) is 2.71. The number of carbonyl (C=O) groups is 1. The monoisotopic (exact) mass is 225 g/mol. The van der Waals surface area contributed by atoms with Gasteiger partial charge in [-0.25, -0.2) is 0 Å². The predicted molar refractivity (Wildman–Crippen MR) is 63.2 cm³/mol. The number of methoxy groups -OCH3 is 1. The summed E-state index contributed by atoms with van der Waals surface area (Å²) >= 11 is 0. The highest BCUT2D eigenvalue weighted by Crippen LogP contribution is 2.37. The third kappa shape index (κ3) is 1.97. The zero-order valence-electron chi connectivity index (χ0n) is 10.7. The number of carbonyl (C=O) groups excluding carboxylic acids is 1. The van der Waals surface area contributed by atoms with E-state index in [0.717, 1.165) is 12.5 Å². The van der Waals surface area contributed by atoms with Gasteiger partial charge < -0.3 is 9.64 Å². The molecule has 0 aromatic carbocycles. The lowest BCUT2D eigenvalue weighted by atomic mass is 9.85. The van der Waals surface area contributed by atoms with Crippen LogP contribution < -0.4 is 0 Å².